The fourth-order valence-electron chi connectivity index (χ4n) is 2.60. The maximum Gasteiger partial charge on any atom is 0.0500 e. The predicted molar refractivity (Wildman–Crippen MR) is 68.0 cm³/mol. The van der Waals surface area contributed by atoms with E-state index in [4.69, 9.17) is 11.6 Å². The van der Waals surface area contributed by atoms with Crippen LogP contribution in [0.4, 0.5) is 0 Å². The number of halogens is 1. The van der Waals surface area contributed by atoms with Gasteiger partial charge in [0.1, 0.15) is 0 Å². The van der Waals surface area contributed by atoms with Crippen molar-refractivity contribution in [1.29, 1.82) is 0 Å². The smallest absolute Gasteiger partial charge is 0.0500 e. The molecule has 0 spiro atoms. The Bertz CT molecular complexity index is 530. The summed E-state index contributed by atoms with van der Waals surface area (Å²) in [6, 6.07) is 8.97. The Morgan fingerprint density at radius 2 is 2.31 bits per heavy atom. The van der Waals surface area contributed by atoms with Crippen molar-refractivity contribution in [2.45, 2.75) is 25.9 Å². The molecule has 1 atom stereocenters. The molecule has 2 nitrogen and oxygen atoms in total. The van der Waals surface area contributed by atoms with Crippen LogP contribution in [-0.2, 0) is 6.54 Å². The molecule has 0 saturated heterocycles. The molecular weight excluding hydrogens is 220 g/mol. The molecule has 1 N–H and O–H groups in total. The first-order valence-corrected chi connectivity index (χ1v) is 6.17. The molecule has 2 aromatic rings. The second kappa shape index (κ2) is 3.79. The van der Waals surface area contributed by atoms with E-state index in [1.165, 1.54) is 16.6 Å². The molecule has 16 heavy (non-hydrogen) atoms. The highest BCUT2D eigenvalue weighted by Crippen LogP contribution is 2.29. The number of rotatable bonds is 1. The lowest BCUT2D eigenvalue weighted by molar-refractivity contribution is 0.402. The zero-order chi connectivity index (χ0) is 11.1. The summed E-state index contributed by atoms with van der Waals surface area (Å²) in [4.78, 5) is 0. The van der Waals surface area contributed by atoms with E-state index in [0.717, 1.165) is 24.5 Å². The van der Waals surface area contributed by atoms with Crippen LogP contribution < -0.4 is 5.32 Å². The number of nitrogens with one attached hydrogen (secondary N) is 1. The zero-order valence-corrected chi connectivity index (χ0v) is 10.1. The standard InChI is InChI=1S/C13H15ClN2/c1-2-11-7-15-8-12-5-9-3-4-10(14)6-13(9)16(11)12/h3-6,11,15H,2,7-8H2,1H3/t11-/m1/s1. The largest absolute Gasteiger partial charge is 0.339 e. The van der Waals surface area contributed by atoms with Crippen LogP contribution in [0, 0.1) is 0 Å². The van der Waals surface area contributed by atoms with Gasteiger partial charge in [-0.2, -0.15) is 0 Å². The summed E-state index contributed by atoms with van der Waals surface area (Å²) in [5.74, 6) is 0. The normalized spacial score (nSPS) is 20.0. The van der Waals surface area contributed by atoms with Crippen molar-refractivity contribution in [3.8, 4) is 0 Å². The van der Waals surface area contributed by atoms with Crippen LogP contribution in [0.1, 0.15) is 25.1 Å². The summed E-state index contributed by atoms with van der Waals surface area (Å²) in [6.07, 6.45) is 1.15. The average Bonchev–Trinajstić information content (AvgIpc) is 2.66. The Hall–Kier alpha value is -0.990. The van der Waals surface area contributed by atoms with Crippen molar-refractivity contribution in [1.82, 2.24) is 9.88 Å². The third-order valence-corrected chi connectivity index (χ3v) is 3.64. The van der Waals surface area contributed by atoms with Crippen molar-refractivity contribution in [3.63, 3.8) is 0 Å². The van der Waals surface area contributed by atoms with Gasteiger partial charge in [0.05, 0.1) is 5.52 Å². The second-order valence-electron chi connectivity index (χ2n) is 4.40. The van der Waals surface area contributed by atoms with Gasteiger partial charge in [-0.05, 0) is 24.6 Å². The number of fused-ring (bicyclic) bond motifs is 3. The number of nitrogens with zero attached hydrogens (tertiary/aromatic N) is 1. The van der Waals surface area contributed by atoms with Crippen LogP contribution in [0.25, 0.3) is 10.9 Å². The SMILES string of the molecule is CC[C@@H]1CNCc2cc3ccc(Cl)cc3n21. The summed E-state index contributed by atoms with van der Waals surface area (Å²) in [5.41, 5.74) is 2.64. The van der Waals surface area contributed by atoms with E-state index in [2.05, 4.69) is 35.0 Å². The van der Waals surface area contributed by atoms with E-state index in [1.807, 2.05) is 6.07 Å². The Morgan fingerprint density at radius 1 is 1.44 bits per heavy atom. The maximum absolute atomic E-state index is 6.08. The van der Waals surface area contributed by atoms with Gasteiger partial charge in [-0.25, -0.2) is 0 Å². The summed E-state index contributed by atoms with van der Waals surface area (Å²) >= 11 is 6.08. The van der Waals surface area contributed by atoms with Gasteiger partial charge in [0.2, 0.25) is 0 Å². The van der Waals surface area contributed by atoms with E-state index < -0.39 is 0 Å². The topological polar surface area (TPSA) is 17.0 Å². The van der Waals surface area contributed by atoms with Gasteiger partial charge in [0.15, 0.2) is 0 Å². The predicted octanol–water partition coefficient (Wildman–Crippen LogP) is 3.35. The van der Waals surface area contributed by atoms with Gasteiger partial charge in [0.25, 0.3) is 0 Å². The number of benzene rings is 1. The first-order valence-electron chi connectivity index (χ1n) is 5.79. The maximum atomic E-state index is 6.08. The Balaban J connectivity index is 2.27. The molecule has 2 heterocycles. The number of aromatic nitrogens is 1. The Labute approximate surface area is 100 Å². The first-order chi connectivity index (χ1) is 7.79. The minimum Gasteiger partial charge on any atom is -0.339 e. The van der Waals surface area contributed by atoms with Crippen molar-refractivity contribution in [2.75, 3.05) is 6.54 Å². The van der Waals surface area contributed by atoms with Crippen molar-refractivity contribution < 1.29 is 0 Å². The first kappa shape index (κ1) is 10.2. The molecule has 0 radical (unpaired) electrons. The van der Waals surface area contributed by atoms with Crippen LogP contribution in [-0.4, -0.2) is 11.1 Å². The zero-order valence-electron chi connectivity index (χ0n) is 9.33. The molecule has 1 aliphatic rings. The molecule has 0 amide bonds. The fourth-order valence-corrected chi connectivity index (χ4v) is 2.77. The third kappa shape index (κ3) is 1.45. The van der Waals surface area contributed by atoms with Crippen molar-refractivity contribution >= 4 is 22.5 Å². The van der Waals surface area contributed by atoms with Crippen LogP contribution in [0.5, 0.6) is 0 Å². The lowest BCUT2D eigenvalue weighted by Crippen LogP contribution is -2.32. The minimum atomic E-state index is 0.555. The van der Waals surface area contributed by atoms with Gasteiger partial charge in [-0.1, -0.05) is 24.6 Å². The van der Waals surface area contributed by atoms with E-state index in [0.29, 0.717) is 6.04 Å². The van der Waals surface area contributed by atoms with Gasteiger partial charge >= 0.3 is 0 Å². The van der Waals surface area contributed by atoms with E-state index in [9.17, 15) is 0 Å². The molecular formula is C13H15ClN2. The molecule has 0 fully saturated rings. The van der Waals surface area contributed by atoms with Crippen LogP contribution in [0.15, 0.2) is 24.3 Å². The van der Waals surface area contributed by atoms with Crippen LogP contribution in [0.3, 0.4) is 0 Å². The number of hydrogen-bond acceptors (Lipinski definition) is 1. The molecule has 0 aliphatic carbocycles. The highest BCUT2D eigenvalue weighted by Gasteiger charge is 2.20. The second-order valence-corrected chi connectivity index (χ2v) is 4.84. The highest BCUT2D eigenvalue weighted by atomic mass is 35.5. The average molecular weight is 235 g/mol. The summed E-state index contributed by atoms with van der Waals surface area (Å²) < 4.78 is 2.44. The van der Waals surface area contributed by atoms with Gasteiger partial charge < -0.3 is 9.88 Å². The van der Waals surface area contributed by atoms with Crippen LogP contribution in [0.2, 0.25) is 5.02 Å². The lowest BCUT2D eigenvalue weighted by Gasteiger charge is -2.27. The summed E-state index contributed by atoms with van der Waals surface area (Å²) in [6.45, 7) is 4.25. The summed E-state index contributed by atoms with van der Waals surface area (Å²) in [5, 5.41) is 5.58. The lowest BCUT2D eigenvalue weighted by atomic mass is 10.1. The third-order valence-electron chi connectivity index (χ3n) is 3.41. The molecule has 1 aromatic carbocycles. The summed E-state index contributed by atoms with van der Waals surface area (Å²) in [7, 11) is 0. The number of hydrogen-bond donors (Lipinski definition) is 1. The van der Waals surface area contributed by atoms with Crippen molar-refractivity contribution in [2.24, 2.45) is 0 Å². The Morgan fingerprint density at radius 3 is 3.12 bits per heavy atom. The van der Waals surface area contributed by atoms with Gasteiger partial charge in [-0.15, -0.1) is 0 Å². The van der Waals surface area contributed by atoms with E-state index in [1.54, 1.807) is 0 Å². The molecule has 84 valence electrons. The minimum absolute atomic E-state index is 0.555. The molecule has 1 aromatic heterocycles. The van der Waals surface area contributed by atoms with E-state index in [-0.39, 0.29) is 0 Å². The molecule has 0 bridgehead atoms. The molecule has 0 saturated carbocycles. The molecule has 3 rings (SSSR count). The fraction of sp³-hybridized carbons (Fsp3) is 0.385. The molecule has 3 heteroatoms. The van der Waals surface area contributed by atoms with E-state index >= 15 is 0 Å². The monoisotopic (exact) mass is 234 g/mol. The van der Waals surface area contributed by atoms with Crippen LogP contribution >= 0.6 is 11.6 Å². The molecule has 0 unspecified atom stereocenters. The van der Waals surface area contributed by atoms with Crippen molar-refractivity contribution in [3.05, 3.63) is 35.0 Å². The highest BCUT2D eigenvalue weighted by molar-refractivity contribution is 6.31. The van der Waals surface area contributed by atoms with Gasteiger partial charge in [-0.3, -0.25) is 0 Å². The van der Waals surface area contributed by atoms with Gasteiger partial charge in [0, 0.05) is 35.2 Å². The quantitative estimate of drug-likeness (QED) is 0.801. The molecule has 1 aliphatic heterocycles. The Kier molecular flexibility index (Phi) is 2.41.